The third kappa shape index (κ3) is 2.74. The van der Waals surface area contributed by atoms with E-state index in [9.17, 15) is 4.39 Å². The minimum Gasteiger partial charge on any atom is -0.494 e. The molecule has 0 amide bonds. The number of halogens is 1. The van der Waals surface area contributed by atoms with Gasteiger partial charge in [0.05, 0.1) is 12.8 Å². The van der Waals surface area contributed by atoms with Gasteiger partial charge in [-0.25, -0.2) is 4.39 Å². The Kier molecular flexibility index (Phi) is 3.25. The van der Waals surface area contributed by atoms with Gasteiger partial charge in [-0.1, -0.05) is 0 Å². The van der Waals surface area contributed by atoms with Crippen molar-refractivity contribution in [1.29, 1.82) is 0 Å². The fourth-order valence-electron chi connectivity index (χ4n) is 0.995. The molecule has 0 bridgehead atoms. The maximum absolute atomic E-state index is 12.9. The molecule has 0 fully saturated rings. The minimum absolute atomic E-state index is 0.360. The van der Waals surface area contributed by atoms with E-state index < -0.39 is 0 Å². The van der Waals surface area contributed by atoms with E-state index in [1.807, 2.05) is 6.92 Å². The smallest absolute Gasteiger partial charge is 0.127 e. The summed E-state index contributed by atoms with van der Waals surface area (Å²) in [5.74, 6) is 5.06. The van der Waals surface area contributed by atoms with Crippen LogP contribution in [0.5, 0.6) is 5.75 Å². The standard InChI is InChI=1S/C9H11FN2O/c1-2-13-9-4-7(6-12-11)3-8(10)5-9/h3-6H,2,11H2,1H3. The van der Waals surface area contributed by atoms with E-state index in [0.717, 1.165) is 0 Å². The number of nitrogens with zero attached hydrogens (tertiary/aromatic N) is 1. The van der Waals surface area contributed by atoms with E-state index in [1.54, 1.807) is 6.07 Å². The van der Waals surface area contributed by atoms with Crippen molar-refractivity contribution in [2.45, 2.75) is 6.92 Å². The summed E-state index contributed by atoms with van der Waals surface area (Å²) in [6, 6.07) is 4.32. The molecular formula is C9H11FN2O. The summed E-state index contributed by atoms with van der Waals surface area (Å²) in [4.78, 5) is 0. The number of hydrogen-bond acceptors (Lipinski definition) is 3. The zero-order chi connectivity index (χ0) is 9.68. The molecule has 0 radical (unpaired) electrons. The van der Waals surface area contributed by atoms with Crippen molar-refractivity contribution in [1.82, 2.24) is 0 Å². The average Bonchev–Trinajstić information content (AvgIpc) is 2.04. The molecule has 0 unspecified atom stereocenters. The number of hydrogen-bond donors (Lipinski definition) is 1. The molecule has 2 N–H and O–H groups in total. The maximum atomic E-state index is 12.9. The predicted octanol–water partition coefficient (Wildman–Crippen LogP) is 1.52. The van der Waals surface area contributed by atoms with Crippen molar-refractivity contribution < 1.29 is 9.13 Å². The van der Waals surface area contributed by atoms with Gasteiger partial charge in [-0.05, 0) is 19.1 Å². The van der Waals surface area contributed by atoms with Crippen LogP contribution < -0.4 is 10.6 Å². The number of hydrazone groups is 1. The molecular weight excluding hydrogens is 171 g/mol. The normalized spacial score (nSPS) is 10.6. The molecule has 4 heteroatoms. The van der Waals surface area contributed by atoms with Crippen LogP contribution in [0.25, 0.3) is 0 Å². The van der Waals surface area contributed by atoms with Gasteiger partial charge in [0.15, 0.2) is 0 Å². The minimum atomic E-state index is -0.360. The van der Waals surface area contributed by atoms with Gasteiger partial charge >= 0.3 is 0 Å². The summed E-state index contributed by atoms with van der Waals surface area (Å²) in [5, 5.41) is 3.30. The Morgan fingerprint density at radius 1 is 1.54 bits per heavy atom. The van der Waals surface area contributed by atoms with Crippen LogP contribution in [-0.2, 0) is 0 Å². The van der Waals surface area contributed by atoms with Crippen molar-refractivity contribution in [2.24, 2.45) is 10.9 Å². The molecule has 0 heterocycles. The Morgan fingerprint density at radius 3 is 2.92 bits per heavy atom. The van der Waals surface area contributed by atoms with Crippen molar-refractivity contribution in [2.75, 3.05) is 6.61 Å². The second-order valence-electron chi connectivity index (χ2n) is 2.43. The van der Waals surface area contributed by atoms with E-state index in [0.29, 0.717) is 17.9 Å². The molecule has 3 nitrogen and oxygen atoms in total. The lowest BCUT2D eigenvalue weighted by Crippen LogP contribution is -1.94. The van der Waals surface area contributed by atoms with Crippen molar-refractivity contribution in [3.05, 3.63) is 29.6 Å². The quantitative estimate of drug-likeness (QED) is 0.437. The Bertz CT molecular complexity index is 312. The summed E-state index contributed by atoms with van der Waals surface area (Å²) in [6.45, 7) is 2.34. The predicted molar refractivity (Wildman–Crippen MR) is 49.4 cm³/mol. The van der Waals surface area contributed by atoms with Gasteiger partial charge in [0, 0.05) is 11.6 Å². The third-order valence-corrected chi connectivity index (χ3v) is 1.43. The fourth-order valence-corrected chi connectivity index (χ4v) is 0.995. The maximum Gasteiger partial charge on any atom is 0.127 e. The van der Waals surface area contributed by atoms with Crippen molar-refractivity contribution in [3.63, 3.8) is 0 Å². The van der Waals surface area contributed by atoms with Crippen LogP contribution in [-0.4, -0.2) is 12.8 Å². The van der Waals surface area contributed by atoms with Crippen LogP contribution in [0.4, 0.5) is 4.39 Å². The molecule has 0 aliphatic rings. The topological polar surface area (TPSA) is 47.6 Å². The summed E-state index contributed by atoms with van der Waals surface area (Å²) in [5.41, 5.74) is 0.589. The van der Waals surface area contributed by atoms with Crippen molar-refractivity contribution >= 4 is 6.21 Å². The highest BCUT2D eigenvalue weighted by Gasteiger charge is 1.99. The molecule has 0 saturated carbocycles. The molecule has 0 saturated heterocycles. The Balaban J connectivity index is 2.96. The molecule has 0 atom stereocenters. The highest BCUT2D eigenvalue weighted by atomic mass is 19.1. The van der Waals surface area contributed by atoms with E-state index in [2.05, 4.69) is 5.10 Å². The largest absolute Gasteiger partial charge is 0.494 e. The Labute approximate surface area is 76.0 Å². The third-order valence-electron chi connectivity index (χ3n) is 1.43. The molecule has 70 valence electrons. The Morgan fingerprint density at radius 2 is 2.31 bits per heavy atom. The molecule has 0 aliphatic carbocycles. The van der Waals surface area contributed by atoms with Gasteiger partial charge in [0.1, 0.15) is 11.6 Å². The van der Waals surface area contributed by atoms with E-state index in [4.69, 9.17) is 10.6 Å². The highest BCUT2D eigenvalue weighted by molar-refractivity contribution is 5.79. The SMILES string of the molecule is CCOc1cc(F)cc(C=NN)c1. The van der Waals surface area contributed by atoms with Crippen LogP contribution in [0.1, 0.15) is 12.5 Å². The second kappa shape index (κ2) is 4.45. The molecule has 1 aromatic rings. The lowest BCUT2D eigenvalue weighted by Gasteiger charge is -2.03. The first-order valence-corrected chi connectivity index (χ1v) is 3.93. The number of rotatable bonds is 3. The highest BCUT2D eigenvalue weighted by Crippen LogP contribution is 2.15. The summed E-state index contributed by atoms with van der Waals surface area (Å²) in [7, 11) is 0. The van der Waals surface area contributed by atoms with Gasteiger partial charge in [-0.15, -0.1) is 0 Å². The zero-order valence-electron chi connectivity index (χ0n) is 7.33. The van der Waals surface area contributed by atoms with Crippen LogP contribution in [0, 0.1) is 5.82 Å². The fraction of sp³-hybridized carbons (Fsp3) is 0.222. The van der Waals surface area contributed by atoms with Gasteiger partial charge in [-0.3, -0.25) is 0 Å². The average molecular weight is 182 g/mol. The van der Waals surface area contributed by atoms with Gasteiger partial charge in [0.2, 0.25) is 0 Å². The van der Waals surface area contributed by atoms with Crippen LogP contribution in [0.15, 0.2) is 23.3 Å². The summed E-state index contributed by atoms with van der Waals surface area (Å²) >= 11 is 0. The molecule has 0 aliphatic heterocycles. The number of nitrogens with two attached hydrogens (primary N) is 1. The molecule has 1 aromatic carbocycles. The number of benzene rings is 1. The lowest BCUT2D eigenvalue weighted by atomic mass is 10.2. The van der Waals surface area contributed by atoms with Gasteiger partial charge < -0.3 is 10.6 Å². The van der Waals surface area contributed by atoms with Crippen molar-refractivity contribution in [3.8, 4) is 5.75 Å². The molecule has 0 aromatic heterocycles. The molecule has 13 heavy (non-hydrogen) atoms. The van der Waals surface area contributed by atoms with Crippen LogP contribution in [0.3, 0.4) is 0 Å². The lowest BCUT2D eigenvalue weighted by molar-refractivity contribution is 0.338. The molecule has 1 rings (SSSR count). The first-order chi connectivity index (χ1) is 6.26. The first kappa shape index (κ1) is 9.51. The van der Waals surface area contributed by atoms with E-state index >= 15 is 0 Å². The number of ether oxygens (including phenoxy) is 1. The Hall–Kier alpha value is -1.58. The first-order valence-electron chi connectivity index (χ1n) is 3.93. The molecule has 0 spiro atoms. The van der Waals surface area contributed by atoms with Gasteiger partial charge in [-0.2, -0.15) is 5.10 Å². The van der Waals surface area contributed by atoms with E-state index in [-0.39, 0.29) is 5.82 Å². The summed E-state index contributed by atoms with van der Waals surface area (Å²) in [6.07, 6.45) is 1.37. The van der Waals surface area contributed by atoms with E-state index in [1.165, 1.54) is 18.3 Å². The monoisotopic (exact) mass is 182 g/mol. The summed E-state index contributed by atoms with van der Waals surface area (Å²) < 4.78 is 18.0. The van der Waals surface area contributed by atoms with Crippen LogP contribution >= 0.6 is 0 Å². The second-order valence-corrected chi connectivity index (χ2v) is 2.43. The van der Waals surface area contributed by atoms with Crippen LogP contribution in [0.2, 0.25) is 0 Å². The zero-order valence-corrected chi connectivity index (χ0v) is 7.33. The van der Waals surface area contributed by atoms with Gasteiger partial charge in [0.25, 0.3) is 0 Å².